The molecule has 0 radical (unpaired) electrons. The third-order valence-electron chi connectivity index (χ3n) is 5.18. The summed E-state index contributed by atoms with van der Waals surface area (Å²) in [7, 11) is 0. The van der Waals surface area contributed by atoms with Gasteiger partial charge in [0.05, 0.1) is 17.6 Å². The maximum Gasteiger partial charge on any atom is 0.124 e. The van der Waals surface area contributed by atoms with Gasteiger partial charge in [-0.05, 0) is 35.9 Å². The van der Waals surface area contributed by atoms with E-state index in [1.165, 1.54) is 11.1 Å². The van der Waals surface area contributed by atoms with Crippen LogP contribution in [0.4, 0.5) is 0 Å². The van der Waals surface area contributed by atoms with E-state index in [4.69, 9.17) is 4.74 Å². The Morgan fingerprint density at radius 3 is 2.70 bits per heavy atom. The topological polar surface area (TPSA) is 39.1 Å². The van der Waals surface area contributed by atoms with Crippen LogP contribution in [0.2, 0.25) is 0 Å². The van der Waals surface area contributed by atoms with Crippen molar-refractivity contribution in [3.8, 4) is 11.4 Å². The highest BCUT2D eigenvalue weighted by molar-refractivity contribution is 5.77. The minimum absolute atomic E-state index is 0.340. The molecule has 134 valence electrons. The summed E-state index contributed by atoms with van der Waals surface area (Å²) in [5, 5.41) is 3.68. The Bertz CT molecular complexity index is 1070. The molecule has 0 bridgehead atoms. The number of hydrogen-bond donors (Lipinski definition) is 1. The zero-order valence-electron chi connectivity index (χ0n) is 15.0. The average Bonchev–Trinajstić information content (AvgIpc) is 3.17. The summed E-state index contributed by atoms with van der Waals surface area (Å²) in [6, 6.07) is 25.5. The van der Waals surface area contributed by atoms with Gasteiger partial charge in [0.1, 0.15) is 12.1 Å². The second-order valence-electron chi connectivity index (χ2n) is 6.88. The molecule has 4 heteroatoms. The molecule has 27 heavy (non-hydrogen) atoms. The molecular formula is C23H21N3O. The quantitative estimate of drug-likeness (QED) is 0.580. The molecule has 0 fully saturated rings. The highest BCUT2D eigenvalue weighted by atomic mass is 16.5. The minimum Gasteiger partial charge on any atom is -0.493 e. The predicted molar refractivity (Wildman–Crippen MR) is 107 cm³/mol. The highest BCUT2D eigenvalue weighted by Crippen LogP contribution is 2.31. The van der Waals surface area contributed by atoms with Crippen LogP contribution in [0.15, 0.2) is 79.1 Å². The van der Waals surface area contributed by atoms with Gasteiger partial charge in [0.2, 0.25) is 0 Å². The third kappa shape index (κ3) is 3.09. The van der Waals surface area contributed by atoms with Crippen molar-refractivity contribution >= 4 is 11.0 Å². The monoisotopic (exact) mass is 355 g/mol. The van der Waals surface area contributed by atoms with Gasteiger partial charge in [-0.15, -0.1) is 0 Å². The van der Waals surface area contributed by atoms with Crippen molar-refractivity contribution in [3.63, 3.8) is 0 Å². The van der Waals surface area contributed by atoms with Gasteiger partial charge in [0.15, 0.2) is 0 Å². The van der Waals surface area contributed by atoms with Crippen molar-refractivity contribution in [1.29, 1.82) is 0 Å². The molecule has 1 atom stereocenters. The first kappa shape index (κ1) is 16.1. The molecule has 1 unspecified atom stereocenters. The van der Waals surface area contributed by atoms with E-state index < -0.39 is 0 Å². The van der Waals surface area contributed by atoms with E-state index >= 15 is 0 Å². The number of rotatable bonds is 4. The second-order valence-corrected chi connectivity index (χ2v) is 6.88. The van der Waals surface area contributed by atoms with Crippen molar-refractivity contribution in [2.75, 3.05) is 6.61 Å². The Morgan fingerprint density at radius 2 is 1.78 bits per heavy atom. The van der Waals surface area contributed by atoms with Gasteiger partial charge in [-0.1, -0.05) is 42.5 Å². The van der Waals surface area contributed by atoms with Crippen molar-refractivity contribution in [2.24, 2.45) is 0 Å². The molecule has 0 saturated carbocycles. The second kappa shape index (κ2) is 6.89. The van der Waals surface area contributed by atoms with Crippen LogP contribution in [-0.4, -0.2) is 16.2 Å². The molecule has 1 aliphatic rings. The predicted octanol–water partition coefficient (Wildman–Crippen LogP) is 4.64. The molecule has 3 aromatic carbocycles. The van der Waals surface area contributed by atoms with E-state index in [1.807, 2.05) is 36.7 Å². The van der Waals surface area contributed by atoms with E-state index in [0.29, 0.717) is 6.04 Å². The Kier molecular flexibility index (Phi) is 4.11. The molecule has 5 rings (SSSR count). The van der Waals surface area contributed by atoms with E-state index in [-0.39, 0.29) is 0 Å². The zero-order chi connectivity index (χ0) is 18.1. The number of benzene rings is 3. The Balaban J connectivity index is 1.32. The van der Waals surface area contributed by atoms with Crippen LogP contribution in [-0.2, 0) is 6.54 Å². The summed E-state index contributed by atoms with van der Waals surface area (Å²) < 4.78 is 7.88. The number of ether oxygens (including phenoxy) is 1. The molecule has 1 aromatic heterocycles. The number of nitrogens with one attached hydrogen (secondary N) is 1. The average molecular weight is 355 g/mol. The lowest BCUT2D eigenvalue weighted by Crippen LogP contribution is -2.26. The molecule has 1 N–H and O–H groups in total. The van der Waals surface area contributed by atoms with Gasteiger partial charge in [0.25, 0.3) is 0 Å². The summed E-state index contributed by atoms with van der Waals surface area (Å²) >= 11 is 0. The van der Waals surface area contributed by atoms with Crippen LogP contribution in [0.25, 0.3) is 16.7 Å². The number of nitrogens with zero attached hydrogens (tertiary/aromatic N) is 2. The molecule has 2 heterocycles. The number of para-hydroxylation sites is 3. The Hall–Kier alpha value is -3.11. The van der Waals surface area contributed by atoms with Gasteiger partial charge >= 0.3 is 0 Å². The number of hydrogen-bond acceptors (Lipinski definition) is 3. The smallest absolute Gasteiger partial charge is 0.124 e. The van der Waals surface area contributed by atoms with Gasteiger partial charge < -0.3 is 10.1 Å². The van der Waals surface area contributed by atoms with E-state index in [2.05, 4.69) is 57.3 Å². The molecule has 4 aromatic rings. The zero-order valence-corrected chi connectivity index (χ0v) is 15.0. The fourth-order valence-electron chi connectivity index (χ4n) is 3.73. The van der Waals surface area contributed by atoms with E-state index in [0.717, 1.165) is 42.0 Å². The largest absolute Gasteiger partial charge is 0.493 e. The minimum atomic E-state index is 0.340. The van der Waals surface area contributed by atoms with Gasteiger partial charge in [-0.25, -0.2) is 4.98 Å². The first-order valence-electron chi connectivity index (χ1n) is 9.35. The van der Waals surface area contributed by atoms with Gasteiger partial charge in [0, 0.05) is 30.3 Å². The fraction of sp³-hybridized carbons (Fsp3) is 0.174. The third-order valence-corrected chi connectivity index (χ3v) is 5.18. The number of imidazole rings is 1. The Morgan fingerprint density at radius 1 is 0.963 bits per heavy atom. The normalized spacial score (nSPS) is 16.1. The summed E-state index contributed by atoms with van der Waals surface area (Å²) in [5.74, 6) is 1.00. The molecule has 4 nitrogen and oxygen atoms in total. The summed E-state index contributed by atoms with van der Waals surface area (Å²) in [5.41, 5.74) is 5.80. The molecule has 0 spiro atoms. The number of fused-ring (bicyclic) bond motifs is 2. The van der Waals surface area contributed by atoms with Crippen LogP contribution in [0.3, 0.4) is 0 Å². The molecular weight excluding hydrogens is 334 g/mol. The Labute approximate surface area is 158 Å². The first-order chi connectivity index (χ1) is 13.4. The van der Waals surface area contributed by atoms with Crippen molar-refractivity contribution < 1.29 is 4.74 Å². The van der Waals surface area contributed by atoms with Gasteiger partial charge in [-0.3, -0.25) is 4.57 Å². The van der Waals surface area contributed by atoms with Crippen LogP contribution in [0.1, 0.15) is 23.6 Å². The molecule has 0 saturated heterocycles. The highest BCUT2D eigenvalue weighted by Gasteiger charge is 2.20. The maximum atomic E-state index is 5.75. The van der Waals surface area contributed by atoms with Crippen molar-refractivity contribution in [2.45, 2.75) is 19.0 Å². The lowest BCUT2D eigenvalue weighted by Gasteiger charge is -2.26. The number of aromatic nitrogens is 2. The summed E-state index contributed by atoms with van der Waals surface area (Å²) in [6.45, 7) is 1.60. The molecule has 0 amide bonds. The van der Waals surface area contributed by atoms with Crippen LogP contribution >= 0.6 is 0 Å². The SMILES string of the molecule is c1ccc2c(c1)OCCC2NCc1ccc(-n2cnc3ccccc32)cc1. The van der Waals surface area contributed by atoms with Gasteiger partial charge in [-0.2, -0.15) is 0 Å². The van der Waals surface area contributed by atoms with E-state index in [1.54, 1.807) is 0 Å². The van der Waals surface area contributed by atoms with Crippen LogP contribution in [0, 0.1) is 0 Å². The maximum absolute atomic E-state index is 5.75. The summed E-state index contributed by atoms with van der Waals surface area (Å²) in [4.78, 5) is 4.48. The van der Waals surface area contributed by atoms with Crippen LogP contribution in [0.5, 0.6) is 5.75 Å². The first-order valence-corrected chi connectivity index (χ1v) is 9.35. The lowest BCUT2D eigenvalue weighted by molar-refractivity contribution is 0.252. The van der Waals surface area contributed by atoms with Crippen molar-refractivity contribution in [1.82, 2.24) is 14.9 Å². The standard InChI is InChI=1S/C23H21N3O/c1-4-8-23-19(5-1)20(13-14-27-23)24-15-17-9-11-18(12-10-17)26-16-25-21-6-2-3-7-22(21)26/h1-12,16,20,24H,13-15H2. The molecule has 1 aliphatic heterocycles. The van der Waals surface area contributed by atoms with Crippen LogP contribution < -0.4 is 10.1 Å². The van der Waals surface area contributed by atoms with E-state index in [9.17, 15) is 0 Å². The summed E-state index contributed by atoms with van der Waals surface area (Å²) in [6.07, 6.45) is 2.88. The van der Waals surface area contributed by atoms with Crippen molar-refractivity contribution in [3.05, 3.63) is 90.3 Å². The fourth-order valence-corrected chi connectivity index (χ4v) is 3.73. The lowest BCUT2D eigenvalue weighted by atomic mass is 10.0. The molecule has 0 aliphatic carbocycles.